The van der Waals surface area contributed by atoms with Crippen molar-refractivity contribution in [3.63, 3.8) is 0 Å². The number of benzene rings is 1. The second-order valence-corrected chi connectivity index (χ2v) is 9.22. The number of methoxy groups -OCH3 is 1. The number of rotatable bonds is 11. The van der Waals surface area contributed by atoms with Crippen LogP contribution in [-0.2, 0) is 14.3 Å². The quantitative estimate of drug-likeness (QED) is 0.136. The zero-order chi connectivity index (χ0) is 31.9. The molecular weight excluding hydrogens is 592 g/mol. The maximum atomic E-state index is 12.8. The number of nitrogens with two attached hydrogens (primary N) is 2. The van der Waals surface area contributed by atoms with Crippen LogP contribution in [0, 0.1) is 0 Å². The van der Waals surface area contributed by atoms with Crippen LogP contribution in [0.15, 0.2) is 57.2 Å². The topological polar surface area (TPSA) is 236 Å². The van der Waals surface area contributed by atoms with Crippen LogP contribution in [0.25, 0.3) is 0 Å². The number of aliphatic imine (C=N–C) groups is 2. The Labute approximate surface area is 263 Å². The van der Waals surface area contributed by atoms with E-state index in [-0.39, 0.29) is 43.2 Å². The lowest BCUT2D eigenvalue weighted by molar-refractivity contribution is -0.137. The number of nitrogens with zero attached hydrogens (tertiary/aromatic N) is 3. The van der Waals surface area contributed by atoms with E-state index < -0.39 is 23.9 Å². The summed E-state index contributed by atoms with van der Waals surface area (Å²) in [7, 11) is 1.47. The molecule has 3 amide bonds. The van der Waals surface area contributed by atoms with Gasteiger partial charge < -0.3 is 41.8 Å². The highest BCUT2D eigenvalue weighted by Gasteiger charge is 2.25. The molecule has 2 aromatic rings. The number of hydrogen-bond acceptors (Lipinski definition) is 10. The van der Waals surface area contributed by atoms with Crippen molar-refractivity contribution in [3.8, 4) is 11.6 Å². The van der Waals surface area contributed by atoms with Gasteiger partial charge in [-0.25, -0.2) is 14.6 Å². The molecule has 1 unspecified atom stereocenters. The number of anilines is 1. The molecule has 0 bridgehead atoms. The van der Waals surface area contributed by atoms with Gasteiger partial charge in [-0.2, -0.15) is 9.98 Å². The maximum Gasteiger partial charge on any atom is 0.348 e. The van der Waals surface area contributed by atoms with Gasteiger partial charge in [-0.05, 0) is 44.2 Å². The molecule has 0 radical (unpaired) electrons. The Hall–Kier alpha value is -4.83. The van der Waals surface area contributed by atoms with Gasteiger partial charge in [0.05, 0.1) is 26.2 Å². The molecule has 0 fully saturated rings. The largest absolute Gasteiger partial charge is 0.488 e. The smallest absolute Gasteiger partial charge is 0.348 e. The molecule has 0 aliphatic carbocycles. The molecule has 15 nitrogen and oxygen atoms in total. The lowest BCUT2D eigenvalue weighted by atomic mass is 10.1. The second kappa shape index (κ2) is 18.7. The van der Waals surface area contributed by atoms with Gasteiger partial charge in [0.15, 0.2) is 5.75 Å². The number of ether oxygens (including phenoxy) is 3. The summed E-state index contributed by atoms with van der Waals surface area (Å²) in [5.41, 5.74) is 13.9. The van der Waals surface area contributed by atoms with Gasteiger partial charge in [0.25, 0.3) is 5.88 Å². The van der Waals surface area contributed by atoms with E-state index in [1.54, 1.807) is 37.3 Å². The summed E-state index contributed by atoms with van der Waals surface area (Å²) in [6.45, 7) is 9.37. The minimum Gasteiger partial charge on any atom is -0.488 e. The van der Waals surface area contributed by atoms with Crippen molar-refractivity contribution in [2.45, 2.75) is 40.7 Å². The first-order chi connectivity index (χ1) is 20.7. The monoisotopic (exact) mass is 636 g/mol. The molecule has 1 atom stereocenters. The number of carbonyl (C=O) groups excluding carboxylic acids is 3. The van der Waals surface area contributed by atoms with Crippen molar-refractivity contribution in [1.29, 1.82) is 0 Å². The Bertz CT molecular complexity index is 1390. The van der Waals surface area contributed by atoms with E-state index in [0.29, 0.717) is 35.0 Å². The van der Waals surface area contributed by atoms with Crippen molar-refractivity contribution in [3.05, 3.63) is 58.4 Å². The Morgan fingerprint density at radius 3 is 2.41 bits per heavy atom. The SMILES string of the molecule is CC.CCOC(=O)C1=C(NC(=O)/N=C(\N)C(Nc2ccc(C(N)=NC(C)=O)cc2)c2cnc(OC)c(OCC)c2)NCS1.O.[HH].[HH]. The lowest BCUT2D eigenvalue weighted by Gasteiger charge is -2.21. The first-order valence-corrected chi connectivity index (χ1v) is 14.5. The summed E-state index contributed by atoms with van der Waals surface area (Å²) >= 11 is 1.20. The Balaban J connectivity index is 0. The van der Waals surface area contributed by atoms with Crippen LogP contribution in [0.5, 0.6) is 11.6 Å². The van der Waals surface area contributed by atoms with E-state index in [9.17, 15) is 14.4 Å². The number of aromatic nitrogens is 1. The van der Waals surface area contributed by atoms with Gasteiger partial charge in [0, 0.05) is 32.8 Å². The molecule has 44 heavy (non-hydrogen) atoms. The fourth-order valence-electron chi connectivity index (χ4n) is 3.59. The Kier molecular flexibility index (Phi) is 15.8. The number of nitrogens with one attached hydrogen (secondary N) is 3. The van der Waals surface area contributed by atoms with Crippen molar-refractivity contribution in [2.24, 2.45) is 21.5 Å². The predicted molar refractivity (Wildman–Crippen MR) is 175 cm³/mol. The fourth-order valence-corrected chi connectivity index (χ4v) is 4.40. The summed E-state index contributed by atoms with van der Waals surface area (Å²) in [5.74, 6) is 0.205. The first kappa shape index (κ1) is 37.2. The Morgan fingerprint density at radius 2 is 1.82 bits per heavy atom. The molecule has 0 saturated heterocycles. The molecule has 16 heteroatoms. The zero-order valence-electron chi connectivity index (χ0n) is 25.5. The van der Waals surface area contributed by atoms with Gasteiger partial charge >= 0.3 is 12.0 Å². The van der Waals surface area contributed by atoms with E-state index in [4.69, 9.17) is 25.7 Å². The molecule has 1 aliphatic heterocycles. The fraction of sp³-hybridized carbons (Fsp3) is 0.357. The van der Waals surface area contributed by atoms with Crippen molar-refractivity contribution >= 4 is 47.0 Å². The molecule has 3 rings (SSSR count). The number of amides is 3. The highest BCUT2D eigenvalue weighted by Crippen LogP contribution is 2.30. The summed E-state index contributed by atoms with van der Waals surface area (Å²) in [4.78, 5) is 48.6. The van der Waals surface area contributed by atoms with Crippen LogP contribution < -0.4 is 36.9 Å². The van der Waals surface area contributed by atoms with Crippen LogP contribution in [0.2, 0.25) is 0 Å². The number of urea groups is 1. The average Bonchev–Trinajstić information content (AvgIpc) is 3.45. The van der Waals surface area contributed by atoms with Crippen LogP contribution in [0.3, 0.4) is 0 Å². The molecule has 2 heterocycles. The highest BCUT2D eigenvalue weighted by atomic mass is 32.2. The van der Waals surface area contributed by atoms with E-state index in [1.807, 2.05) is 20.8 Å². The first-order valence-electron chi connectivity index (χ1n) is 13.5. The van der Waals surface area contributed by atoms with Crippen LogP contribution in [-0.4, -0.2) is 66.2 Å². The summed E-state index contributed by atoms with van der Waals surface area (Å²) in [5, 5.41) is 8.69. The molecule has 1 aromatic heterocycles. The van der Waals surface area contributed by atoms with E-state index in [1.165, 1.54) is 32.0 Å². The van der Waals surface area contributed by atoms with Crippen molar-refractivity contribution < 1.29 is 36.9 Å². The van der Waals surface area contributed by atoms with Gasteiger partial charge in [-0.1, -0.05) is 25.6 Å². The third-order valence-electron chi connectivity index (χ3n) is 5.35. The zero-order valence-corrected chi connectivity index (χ0v) is 26.3. The van der Waals surface area contributed by atoms with Gasteiger partial charge in [-0.3, -0.25) is 10.1 Å². The number of amidine groups is 2. The minimum absolute atomic E-state index is 0. The number of carbonyl (C=O) groups is 3. The number of thioether (sulfide) groups is 1. The molecule has 1 aromatic carbocycles. The second-order valence-electron chi connectivity index (χ2n) is 8.24. The molecule has 1 aliphatic rings. The normalized spacial score (nSPS) is 13.3. The van der Waals surface area contributed by atoms with Crippen molar-refractivity contribution in [2.75, 3.05) is 31.5 Å². The van der Waals surface area contributed by atoms with Gasteiger partial charge in [-0.15, -0.1) is 0 Å². The van der Waals surface area contributed by atoms with Crippen LogP contribution in [0.4, 0.5) is 10.5 Å². The molecule has 9 N–H and O–H groups in total. The lowest BCUT2D eigenvalue weighted by Crippen LogP contribution is -2.33. The number of esters is 1. The van der Waals surface area contributed by atoms with Gasteiger partial charge in [0.2, 0.25) is 5.91 Å². The number of hydrogen-bond donors (Lipinski definition) is 5. The average molecular weight is 637 g/mol. The molecule has 0 saturated carbocycles. The van der Waals surface area contributed by atoms with Crippen LogP contribution >= 0.6 is 11.8 Å². The van der Waals surface area contributed by atoms with Gasteiger partial charge in [0.1, 0.15) is 28.4 Å². The molecule has 0 spiro atoms. The van der Waals surface area contributed by atoms with Crippen LogP contribution in [0.1, 0.15) is 54.6 Å². The Morgan fingerprint density at radius 1 is 1.14 bits per heavy atom. The number of pyridine rings is 1. The molecule has 244 valence electrons. The minimum atomic E-state index is -0.850. The predicted octanol–water partition coefficient (Wildman–Crippen LogP) is 2.68. The summed E-state index contributed by atoms with van der Waals surface area (Å²) in [6, 6.07) is 6.77. The van der Waals surface area contributed by atoms with E-state index in [2.05, 4.69) is 30.9 Å². The van der Waals surface area contributed by atoms with E-state index >= 15 is 0 Å². The molecular formula is C28H44N8O7S. The van der Waals surface area contributed by atoms with E-state index in [0.717, 1.165) is 0 Å². The maximum absolute atomic E-state index is 12.8. The third-order valence-corrected chi connectivity index (χ3v) is 6.30. The summed E-state index contributed by atoms with van der Waals surface area (Å²) < 4.78 is 16.0. The highest BCUT2D eigenvalue weighted by molar-refractivity contribution is 8.04. The third kappa shape index (κ3) is 10.5. The van der Waals surface area contributed by atoms with Crippen molar-refractivity contribution in [1.82, 2.24) is 15.6 Å². The standard InChI is InChI=1S/C26H32N8O6S.C2H6.H2O.2H2/c1-5-39-18-11-16(12-29-24(18)38-4)19(32-17-9-7-15(8-10-17)21(27)31-14(3)35)22(28)33-26(37)34-23-20(41-13-30-23)25(36)40-6-2;1-2;;;/h7-12,19,30,32H,5-6,13H2,1-4H3,(H2,27,31,35)(H3,28,33,34,37);1-2H3;1H2;2*1H. The summed E-state index contributed by atoms with van der Waals surface area (Å²) in [6.07, 6.45) is 1.52.